The Morgan fingerprint density at radius 2 is 2.32 bits per heavy atom. The number of hydrogen-bond donors (Lipinski definition) is 1. The summed E-state index contributed by atoms with van der Waals surface area (Å²) < 4.78 is 15.4. The molecule has 0 aliphatic carbocycles. The molecule has 1 aromatic heterocycles. The van der Waals surface area contributed by atoms with Crippen LogP contribution in [0.3, 0.4) is 0 Å². The van der Waals surface area contributed by atoms with Crippen molar-refractivity contribution in [1.82, 2.24) is 15.1 Å². The van der Waals surface area contributed by atoms with E-state index >= 15 is 0 Å². The van der Waals surface area contributed by atoms with Gasteiger partial charge in [-0.05, 0) is 7.05 Å². The normalized spacial score (nSPS) is 10.6. The van der Waals surface area contributed by atoms with E-state index in [1.54, 1.807) is 17.1 Å². The van der Waals surface area contributed by atoms with Crippen molar-refractivity contribution >= 4 is 5.69 Å². The van der Waals surface area contributed by atoms with Gasteiger partial charge in [-0.15, -0.1) is 0 Å². The van der Waals surface area contributed by atoms with Gasteiger partial charge in [-0.2, -0.15) is 9.49 Å². The number of benzene rings is 1. The van der Waals surface area contributed by atoms with E-state index in [2.05, 4.69) is 10.4 Å². The molecule has 7 heteroatoms. The second kappa shape index (κ2) is 5.57. The van der Waals surface area contributed by atoms with Gasteiger partial charge < -0.3 is 5.32 Å². The summed E-state index contributed by atoms with van der Waals surface area (Å²) in [5.41, 5.74) is 0.696. The molecule has 0 saturated carbocycles. The Hall–Kier alpha value is -2.28. The van der Waals surface area contributed by atoms with Crippen LogP contribution >= 0.6 is 0 Å². The maximum atomic E-state index is 13.9. The molecule has 6 nitrogen and oxygen atoms in total. The van der Waals surface area contributed by atoms with Crippen LogP contribution in [0.2, 0.25) is 0 Å². The zero-order valence-corrected chi connectivity index (χ0v) is 10.3. The van der Waals surface area contributed by atoms with Gasteiger partial charge in [-0.25, -0.2) is 0 Å². The van der Waals surface area contributed by atoms with E-state index in [0.29, 0.717) is 6.54 Å². The second-order valence-electron chi connectivity index (χ2n) is 4.08. The Balaban J connectivity index is 2.23. The molecule has 2 aromatic rings. The minimum atomic E-state index is -0.807. The summed E-state index contributed by atoms with van der Waals surface area (Å²) in [4.78, 5) is 9.92. The highest BCUT2D eigenvalue weighted by molar-refractivity contribution is 5.36. The number of nitrogens with zero attached hydrogens (tertiary/aromatic N) is 3. The van der Waals surface area contributed by atoms with E-state index in [0.717, 1.165) is 11.6 Å². The van der Waals surface area contributed by atoms with Gasteiger partial charge in [0.2, 0.25) is 5.82 Å². The van der Waals surface area contributed by atoms with Crippen molar-refractivity contribution in [3.63, 3.8) is 0 Å². The predicted octanol–water partition coefficient (Wildman–Crippen LogP) is 1.70. The lowest BCUT2D eigenvalue weighted by Crippen LogP contribution is -2.05. The average Bonchev–Trinajstić information content (AvgIpc) is 2.79. The topological polar surface area (TPSA) is 73.0 Å². The molecule has 100 valence electrons. The maximum absolute atomic E-state index is 13.9. The predicted molar refractivity (Wildman–Crippen MR) is 67.1 cm³/mol. The SMILES string of the molecule is CNCc1cnn(Cc2cccc([N+](=O)[O-])c2F)c1. The van der Waals surface area contributed by atoms with Crippen LogP contribution in [-0.4, -0.2) is 21.8 Å². The fourth-order valence-corrected chi connectivity index (χ4v) is 1.79. The monoisotopic (exact) mass is 264 g/mol. The smallest absolute Gasteiger partial charge is 0.305 e. The first-order chi connectivity index (χ1) is 9.11. The summed E-state index contributed by atoms with van der Waals surface area (Å²) in [7, 11) is 1.82. The zero-order valence-electron chi connectivity index (χ0n) is 10.3. The van der Waals surface area contributed by atoms with E-state index in [9.17, 15) is 14.5 Å². The number of halogens is 1. The van der Waals surface area contributed by atoms with Crippen LogP contribution in [-0.2, 0) is 13.1 Å². The molecule has 0 saturated heterocycles. The molecule has 2 rings (SSSR count). The van der Waals surface area contributed by atoms with E-state index in [-0.39, 0.29) is 12.1 Å². The third kappa shape index (κ3) is 2.94. The molecule has 0 fully saturated rings. The molecular formula is C12H13FN4O2. The second-order valence-corrected chi connectivity index (χ2v) is 4.08. The van der Waals surface area contributed by atoms with Gasteiger partial charge in [0.15, 0.2) is 0 Å². The summed E-state index contributed by atoms with van der Waals surface area (Å²) in [6, 6.07) is 4.13. The van der Waals surface area contributed by atoms with Gasteiger partial charge >= 0.3 is 5.69 Å². The molecule has 0 amide bonds. The Morgan fingerprint density at radius 1 is 1.53 bits per heavy atom. The first kappa shape index (κ1) is 13.2. The molecule has 1 heterocycles. The van der Waals surface area contributed by atoms with Crippen LogP contribution in [0.25, 0.3) is 0 Å². The van der Waals surface area contributed by atoms with E-state index < -0.39 is 16.4 Å². The van der Waals surface area contributed by atoms with Gasteiger partial charge in [-0.3, -0.25) is 14.8 Å². The molecule has 0 radical (unpaired) electrons. The largest absolute Gasteiger partial charge is 0.316 e. The molecule has 1 aromatic carbocycles. The van der Waals surface area contributed by atoms with Crippen molar-refractivity contribution in [3.05, 3.63) is 57.7 Å². The molecule has 0 atom stereocenters. The summed E-state index contributed by atoms with van der Waals surface area (Å²) in [5.74, 6) is -0.807. The minimum Gasteiger partial charge on any atom is -0.316 e. The molecule has 0 aliphatic heterocycles. The molecular weight excluding hydrogens is 251 g/mol. The van der Waals surface area contributed by atoms with Crippen LogP contribution in [0.4, 0.5) is 10.1 Å². The van der Waals surface area contributed by atoms with Crippen molar-refractivity contribution in [1.29, 1.82) is 0 Å². The third-order valence-electron chi connectivity index (χ3n) is 2.65. The Labute approximate surface area is 109 Å². The first-order valence-electron chi connectivity index (χ1n) is 5.69. The van der Waals surface area contributed by atoms with Crippen LogP contribution in [0.15, 0.2) is 30.6 Å². The van der Waals surface area contributed by atoms with Crippen molar-refractivity contribution in [2.45, 2.75) is 13.1 Å². The van der Waals surface area contributed by atoms with Crippen LogP contribution < -0.4 is 5.32 Å². The van der Waals surface area contributed by atoms with E-state index in [1.165, 1.54) is 12.1 Å². The number of rotatable bonds is 5. The number of nitro groups is 1. The summed E-state index contributed by atoms with van der Waals surface area (Å²) >= 11 is 0. The molecule has 0 bridgehead atoms. The van der Waals surface area contributed by atoms with Gasteiger partial charge in [0.25, 0.3) is 0 Å². The zero-order chi connectivity index (χ0) is 13.8. The Kier molecular flexibility index (Phi) is 3.86. The first-order valence-corrected chi connectivity index (χ1v) is 5.69. The summed E-state index contributed by atoms with van der Waals surface area (Å²) in [6.45, 7) is 0.828. The average molecular weight is 264 g/mol. The number of aromatic nitrogens is 2. The lowest BCUT2D eigenvalue weighted by atomic mass is 10.2. The Bertz CT molecular complexity index is 597. The lowest BCUT2D eigenvalue weighted by molar-refractivity contribution is -0.387. The van der Waals surface area contributed by atoms with Crippen molar-refractivity contribution in [2.24, 2.45) is 0 Å². The molecule has 0 spiro atoms. The molecule has 1 N–H and O–H groups in total. The van der Waals surface area contributed by atoms with Crippen LogP contribution in [0.1, 0.15) is 11.1 Å². The quantitative estimate of drug-likeness (QED) is 0.659. The number of nitro benzene ring substituents is 1. The van der Waals surface area contributed by atoms with Crippen LogP contribution in [0, 0.1) is 15.9 Å². The highest BCUT2D eigenvalue weighted by Gasteiger charge is 2.17. The van der Waals surface area contributed by atoms with Crippen LogP contribution in [0.5, 0.6) is 0 Å². The fraction of sp³-hybridized carbons (Fsp3) is 0.250. The molecule has 0 unspecified atom stereocenters. The fourth-order valence-electron chi connectivity index (χ4n) is 1.79. The summed E-state index contributed by atoms with van der Waals surface area (Å²) in [6.07, 6.45) is 3.44. The molecule has 19 heavy (non-hydrogen) atoms. The maximum Gasteiger partial charge on any atom is 0.305 e. The third-order valence-corrected chi connectivity index (χ3v) is 2.65. The van der Waals surface area contributed by atoms with Gasteiger partial charge in [0, 0.05) is 29.9 Å². The van der Waals surface area contributed by atoms with Gasteiger partial charge in [-0.1, -0.05) is 12.1 Å². The standard InChI is InChI=1S/C12H13FN4O2/c1-14-5-9-6-15-16(7-9)8-10-3-2-4-11(12(10)13)17(18)19/h2-4,6-7,14H,5,8H2,1H3. The lowest BCUT2D eigenvalue weighted by Gasteiger charge is -2.03. The van der Waals surface area contributed by atoms with Crippen molar-refractivity contribution in [2.75, 3.05) is 7.05 Å². The van der Waals surface area contributed by atoms with Gasteiger partial charge in [0.05, 0.1) is 17.7 Å². The van der Waals surface area contributed by atoms with E-state index in [4.69, 9.17) is 0 Å². The summed E-state index contributed by atoms with van der Waals surface area (Å²) in [5, 5.41) is 17.7. The van der Waals surface area contributed by atoms with Crippen molar-refractivity contribution < 1.29 is 9.31 Å². The van der Waals surface area contributed by atoms with Gasteiger partial charge in [0.1, 0.15) is 0 Å². The number of hydrogen-bond acceptors (Lipinski definition) is 4. The Morgan fingerprint density at radius 3 is 3.00 bits per heavy atom. The van der Waals surface area contributed by atoms with E-state index in [1.807, 2.05) is 7.05 Å². The minimum absolute atomic E-state index is 0.164. The highest BCUT2D eigenvalue weighted by atomic mass is 19.1. The number of nitrogens with one attached hydrogen (secondary N) is 1. The molecule has 0 aliphatic rings. The van der Waals surface area contributed by atoms with Crippen molar-refractivity contribution in [3.8, 4) is 0 Å². The highest BCUT2D eigenvalue weighted by Crippen LogP contribution is 2.20.